The van der Waals surface area contributed by atoms with Crippen LogP contribution in [0.1, 0.15) is 20.8 Å². The highest BCUT2D eigenvalue weighted by atomic mass is 79.9. The van der Waals surface area contributed by atoms with Crippen molar-refractivity contribution in [1.82, 2.24) is 4.72 Å². The number of hydrogen-bond donors (Lipinski definition) is 2. The molecule has 0 heterocycles. The number of amides is 1. The van der Waals surface area contributed by atoms with Gasteiger partial charge in [0, 0.05) is 23.5 Å². The zero-order valence-electron chi connectivity index (χ0n) is 11.0. The van der Waals surface area contributed by atoms with Gasteiger partial charge in [0.15, 0.2) is 0 Å². The van der Waals surface area contributed by atoms with Gasteiger partial charge >= 0.3 is 0 Å². The summed E-state index contributed by atoms with van der Waals surface area (Å²) in [7, 11) is -3.57. The van der Waals surface area contributed by atoms with Gasteiger partial charge in [0.25, 0.3) is 0 Å². The van der Waals surface area contributed by atoms with Gasteiger partial charge in [0.1, 0.15) is 0 Å². The number of carbonyl (C=O) groups is 1. The number of benzene rings is 1. The molecule has 7 heteroatoms. The van der Waals surface area contributed by atoms with Crippen molar-refractivity contribution >= 4 is 37.5 Å². The second kappa shape index (κ2) is 6.02. The van der Waals surface area contributed by atoms with Crippen molar-refractivity contribution < 1.29 is 13.2 Å². The van der Waals surface area contributed by atoms with Gasteiger partial charge < -0.3 is 5.32 Å². The molecule has 0 saturated carbocycles. The fraction of sp³-hybridized carbons (Fsp3) is 0.417. The molecule has 1 aromatic carbocycles. The van der Waals surface area contributed by atoms with E-state index in [2.05, 4.69) is 26.0 Å². The lowest BCUT2D eigenvalue weighted by atomic mass is 10.1. The van der Waals surface area contributed by atoms with Gasteiger partial charge in [-0.25, -0.2) is 13.1 Å². The van der Waals surface area contributed by atoms with Gasteiger partial charge in [0.2, 0.25) is 15.9 Å². The number of hydrogen-bond acceptors (Lipinski definition) is 3. The molecule has 19 heavy (non-hydrogen) atoms. The van der Waals surface area contributed by atoms with Crippen LogP contribution in [0.3, 0.4) is 0 Å². The number of halogens is 1. The van der Waals surface area contributed by atoms with Crippen molar-refractivity contribution in [2.45, 2.75) is 31.2 Å². The molecular weight excluding hydrogens is 332 g/mol. The molecule has 2 N–H and O–H groups in total. The highest BCUT2D eigenvalue weighted by Gasteiger charge is 2.25. The summed E-state index contributed by atoms with van der Waals surface area (Å²) in [4.78, 5) is 11.0. The highest BCUT2D eigenvalue weighted by Crippen LogP contribution is 2.17. The Morgan fingerprint density at radius 2 is 1.79 bits per heavy atom. The minimum atomic E-state index is -3.57. The van der Waals surface area contributed by atoms with Crippen LogP contribution in [0.15, 0.2) is 29.2 Å². The van der Waals surface area contributed by atoms with E-state index in [4.69, 9.17) is 0 Å². The minimum Gasteiger partial charge on any atom is -0.326 e. The second-order valence-corrected chi connectivity index (χ2v) is 7.07. The first-order valence-electron chi connectivity index (χ1n) is 5.64. The predicted octanol–water partition coefficient (Wildman–Crippen LogP) is 2.10. The molecule has 0 fully saturated rings. The summed E-state index contributed by atoms with van der Waals surface area (Å²) in [5.74, 6) is -0.200. The first-order chi connectivity index (χ1) is 8.66. The van der Waals surface area contributed by atoms with E-state index < -0.39 is 15.6 Å². The van der Waals surface area contributed by atoms with Crippen LogP contribution in [0.4, 0.5) is 5.69 Å². The number of sulfonamides is 1. The average Bonchev–Trinajstić information content (AvgIpc) is 2.27. The van der Waals surface area contributed by atoms with Crippen LogP contribution in [0, 0.1) is 0 Å². The molecule has 106 valence electrons. The number of rotatable bonds is 5. The molecule has 0 aliphatic heterocycles. The normalized spacial score (nSPS) is 12.2. The third-order valence-corrected chi connectivity index (χ3v) is 5.35. The molecule has 0 aliphatic carbocycles. The zero-order chi connectivity index (χ0) is 14.7. The average molecular weight is 349 g/mol. The van der Waals surface area contributed by atoms with Gasteiger partial charge in [-0.3, -0.25) is 4.79 Å². The Hall–Kier alpha value is -0.920. The van der Waals surface area contributed by atoms with Crippen LogP contribution in [-0.2, 0) is 14.8 Å². The number of anilines is 1. The Bertz CT molecular complexity index is 553. The van der Waals surface area contributed by atoms with Crippen LogP contribution >= 0.6 is 15.9 Å². The van der Waals surface area contributed by atoms with Crippen molar-refractivity contribution in [3.8, 4) is 0 Å². The minimum absolute atomic E-state index is 0.163. The maximum absolute atomic E-state index is 12.1. The van der Waals surface area contributed by atoms with Crippen molar-refractivity contribution in [2.24, 2.45) is 0 Å². The van der Waals surface area contributed by atoms with Gasteiger partial charge in [-0.05, 0) is 38.1 Å². The molecule has 1 amide bonds. The van der Waals surface area contributed by atoms with Crippen LogP contribution in [0.5, 0.6) is 0 Å². The van der Waals surface area contributed by atoms with E-state index >= 15 is 0 Å². The quantitative estimate of drug-likeness (QED) is 0.800. The van der Waals surface area contributed by atoms with Crippen molar-refractivity contribution in [2.75, 3.05) is 10.6 Å². The molecular formula is C12H17BrN2O3S. The van der Waals surface area contributed by atoms with Crippen LogP contribution in [-0.4, -0.2) is 25.2 Å². The monoisotopic (exact) mass is 348 g/mol. The van der Waals surface area contributed by atoms with Crippen molar-refractivity contribution in [1.29, 1.82) is 0 Å². The molecule has 0 aromatic heterocycles. The molecule has 1 aromatic rings. The maximum atomic E-state index is 12.1. The Morgan fingerprint density at radius 1 is 1.26 bits per heavy atom. The first-order valence-corrected chi connectivity index (χ1v) is 8.24. The fourth-order valence-electron chi connectivity index (χ4n) is 1.37. The zero-order valence-corrected chi connectivity index (χ0v) is 13.4. The summed E-state index contributed by atoms with van der Waals surface area (Å²) in [6.07, 6.45) is 0. The Morgan fingerprint density at radius 3 is 2.21 bits per heavy atom. The number of carbonyl (C=O) groups excluding carboxylic acids is 1. The van der Waals surface area contributed by atoms with E-state index in [0.29, 0.717) is 11.0 Å². The van der Waals surface area contributed by atoms with Gasteiger partial charge in [0.05, 0.1) is 4.90 Å². The van der Waals surface area contributed by atoms with Crippen LogP contribution < -0.4 is 10.0 Å². The van der Waals surface area contributed by atoms with Gasteiger partial charge in [-0.1, -0.05) is 15.9 Å². The number of nitrogens with one attached hydrogen (secondary N) is 2. The van der Waals surface area contributed by atoms with Crippen molar-refractivity contribution in [3.05, 3.63) is 24.3 Å². The molecule has 0 bridgehead atoms. The summed E-state index contributed by atoms with van der Waals surface area (Å²) in [6.45, 7) is 4.96. The van der Waals surface area contributed by atoms with E-state index in [1.54, 1.807) is 26.0 Å². The lowest BCUT2D eigenvalue weighted by molar-refractivity contribution is -0.114. The summed E-state index contributed by atoms with van der Waals surface area (Å²) in [6, 6.07) is 6.02. The maximum Gasteiger partial charge on any atom is 0.241 e. The molecule has 0 radical (unpaired) electrons. The van der Waals surface area contributed by atoms with Crippen molar-refractivity contribution in [3.63, 3.8) is 0 Å². The Balaban J connectivity index is 2.94. The van der Waals surface area contributed by atoms with Crippen LogP contribution in [0.25, 0.3) is 0 Å². The fourth-order valence-corrected chi connectivity index (χ4v) is 3.11. The third-order valence-electron chi connectivity index (χ3n) is 2.23. The SMILES string of the molecule is CC(=O)Nc1ccc(S(=O)(=O)NC(C)(C)CBr)cc1. The lowest BCUT2D eigenvalue weighted by Crippen LogP contribution is -2.44. The third kappa shape index (κ3) is 4.93. The van der Waals surface area contributed by atoms with E-state index in [1.807, 2.05) is 0 Å². The molecule has 0 spiro atoms. The van der Waals surface area contributed by atoms with Gasteiger partial charge in [-0.15, -0.1) is 0 Å². The van der Waals surface area contributed by atoms with Gasteiger partial charge in [-0.2, -0.15) is 0 Å². The van der Waals surface area contributed by atoms with E-state index in [0.717, 1.165) is 0 Å². The van der Waals surface area contributed by atoms with E-state index in [-0.39, 0.29) is 10.8 Å². The lowest BCUT2D eigenvalue weighted by Gasteiger charge is -2.23. The van der Waals surface area contributed by atoms with Crippen LogP contribution in [0.2, 0.25) is 0 Å². The summed E-state index contributed by atoms with van der Waals surface area (Å²) >= 11 is 3.26. The molecule has 5 nitrogen and oxygen atoms in total. The summed E-state index contributed by atoms with van der Waals surface area (Å²) in [5, 5.41) is 3.08. The topological polar surface area (TPSA) is 75.3 Å². The molecule has 0 atom stereocenters. The molecule has 0 aliphatic rings. The first kappa shape index (κ1) is 16.1. The predicted molar refractivity (Wildman–Crippen MR) is 78.9 cm³/mol. The molecule has 1 rings (SSSR count). The summed E-state index contributed by atoms with van der Waals surface area (Å²) < 4.78 is 26.8. The van der Waals surface area contributed by atoms with E-state index in [9.17, 15) is 13.2 Å². The largest absolute Gasteiger partial charge is 0.326 e. The second-order valence-electron chi connectivity index (χ2n) is 4.83. The Labute approximate surface area is 122 Å². The standard InChI is InChI=1S/C12H17BrN2O3S/c1-9(16)14-10-4-6-11(7-5-10)19(17,18)15-12(2,3)8-13/h4-7,15H,8H2,1-3H3,(H,14,16). The molecule has 0 unspecified atom stereocenters. The highest BCUT2D eigenvalue weighted by molar-refractivity contribution is 9.09. The molecule has 0 saturated heterocycles. The Kier molecular flexibility index (Phi) is 5.11. The smallest absolute Gasteiger partial charge is 0.241 e. The number of alkyl halides is 1. The summed E-state index contributed by atoms with van der Waals surface area (Å²) in [5.41, 5.74) is -0.0130. The van der Waals surface area contributed by atoms with E-state index in [1.165, 1.54) is 19.1 Å².